The second kappa shape index (κ2) is 4.40. The van der Waals surface area contributed by atoms with Crippen molar-refractivity contribution in [2.45, 2.75) is 33.3 Å². The third-order valence-corrected chi connectivity index (χ3v) is 1.84. The van der Waals surface area contributed by atoms with Crippen LogP contribution >= 0.6 is 0 Å². The van der Waals surface area contributed by atoms with Crippen LogP contribution in [0.3, 0.4) is 0 Å². The van der Waals surface area contributed by atoms with E-state index in [1.165, 1.54) is 6.07 Å². The van der Waals surface area contributed by atoms with Gasteiger partial charge in [0.2, 0.25) is 0 Å². The van der Waals surface area contributed by atoms with Crippen LogP contribution in [0.5, 0.6) is 5.75 Å². The van der Waals surface area contributed by atoms with E-state index in [-0.39, 0.29) is 6.10 Å². The van der Waals surface area contributed by atoms with Gasteiger partial charge in [0.05, 0.1) is 6.10 Å². The molecule has 0 fully saturated rings. The van der Waals surface area contributed by atoms with Crippen molar-refractivity contribution in [3.63, 3.8) is 0 Å². The molecule has 1 aromatic rings. The first-order valence-electron chi connectivity index (χ1n) is 4.69. The first-order valence-corrected chi connectivity index (χ1v) is 4.69. The molecular weight excluding hydrogens is 186 g/mol. The highest BCUT2D eigenvalue weighted by molar-refractivity contribution is 5.35. The predicted octanol–water partition coefficient (Wildman–Crippen LogP) is 3.31. The van der Waals surface area contributed by atoms with Crippen molar-refractivity contribution >= 4 is 0 Å². The molecule has 0 spiro atoms. The van der Waals surface area contributed by atoms with Crippen molar-refractivity contribution in [1.29, 1.82) is 0 Å². The fourth-order valence-electron chi connectivity index (χ4n) is 1.28. The molecular formula is C11H14F2O. The molecule has 0 atom stereocenters. The number of rotatable bonds is 3. The summed E-state index contributed by atoms with van der Waals surface area (Å²) < 4.78 is 31.4. The summed E-state index contributed by atoms with van der Waals surface area (Å²) in [6.45, 7) is 5.45. The summed E-state index contributed by atoms with van der Waals surface area (Å²) in [4.78, 5) is 0. The molecule has 0 radical (unpaired) electrons. The van der Waals surface area contributed by atoms with E-state index in [1.807, 2.05) is 20.8 Å². The molecule has 0 saturated heterocycles. The van der Waals surface area contributed by atoms with Crippen LogP contribution in [0.2, 0.25) is 0 Å². The van der Waals surface area contributed by atoms with Gasteiger partial charge in [-0.1, -0.05) is 6.92 Å². The van der Waals surface area contributed by atoms with E-state index in [2.05, 4.69) is 0 Å². The average Bonchev–Trinajstić information content (AvgIpc) is 2.01. The fourth-order valence-corrected chi connectivity index (χ4v) is 1.28. The Morgan fingerprint density at radius 2 is 1.93 bits per heavy atom. The van der Waals surface area contributed by atoms with E-state index in [4.69, 9.17) is 4.74 Å². The van der Waals surface area contributed by atoms with Crippen LogP contribution in [0.15, 0.2) is 12.1 Å². The van der Waals surface area contributed by atoms with Crippen LogP contribution < -0.4 is 4.74 Å². The number of ether oxygens (including phenoxy) is 1. The van der Waals surface area contributed by atoms with Gasteiger partial charge in [0, 0.05) is 17.7 Å². The van der Waals surface area contributed by atoms with E-state index < -0.39 is 11.6 Å². The lowest BCUT2D eigenvalue weighted by molar-refractivity contribution is 0.237. The molecule has 1 aromatic carbocycles. The number of halogens is 2. The molecule has 0 saturated carbocycles. The maximum absolute atomic E-state index is 13.2. The van der Waals surface area contributed by atoms with Crippen LogP contribution in [-0.4, -0.2) is 6.10 Å². The molecule has 0 bridgehead atoms. The standard InChI is InChI=1S/C11H14F2O/c1-4-9-10(13)5-8(12)6-11(9)14-7(2)3/h5-7H,4H2,1-3H3. The minimum Gasteiger partial charge on any atom is -0.491 e. The monoisotopic (exact) mass is 200 g/mol. The van der Waals surface area contributed by atoms with Gasteiger partial charge < -0.3 is 4.74 Å². The summed E-state index contributed by atoms with van der Waals surface area (Å²) in [6, 6.07) is 2.11. The Morgan fingerprint density at radius 1 is 1.29 bits per heavy atom. The van der Waals surface area contributed by atoms with Crippen molar-refractivity contribution in [3.8, 4) is 5.75 Å². The van der Waals surface area contributed by atoms with Gasteiger partial charge in [-0.15, -0.1) is 0 Å². The number of benzene rings is 1. The van der Waals surface area contributed by atoms with Gasteiger partial charge in [0.15, 0.2) is 0 Å². The third-order valence-electron chi connectivity index (χ3n) is 1.84. The summed E-state index contributed by atoms with van der Waals surface area (Å²) in [5.41, 5.74) is 0.431. The highest BCUT2D eigenvalue weighted by atomic mass is 19.1. The minimum atomic E-state index is -0.602. The van der Waals surface area contributed by atoms with Gasteiger partial charge in [0.1, 0.15) is 17.4 Å². The molecule has 78 valence electrons. The van der Waals surface area contributed by atoms with Gasteiger partial charge in [0.25, 0.3) is 0 Å². The SMILES string of the molecule is CCc1c(F)cc(F)cc1OC(C)C. The third kappa shape index (κ3) is 2.44. The van der Waals surface area contributed by atoms with Crippen molar-refractivity contribution in [2.24, 2.45) is 0 Å². The highest BCUT2D eigenvalue weighted by Gasteiger charge is 2.11. The summed E-state index contributed by atoms with van der Waals surface area (Å²) in [5, 5.41) is 0. The molecule has 3 heteroatoms. The van der Waals surface area contributed by atoms with Crippen molar-refractivity contribution in [1.82, 2.24) is 0 Å². The van der Waals surface area contributed by atoms with E-state index in [0.717, 1.165) is 6.07 Å². The van der Waals surface area contributed by atoms with E-state index in [1.54, 1.807) is 0 Å². The van der Waals surface area contributed by atoms with Crippen molar-refractivity contribution in [3.05, 3.63) is 29.3 Å². The smallest absolute Gasteiger partial charge is 0.132 e. The van der Waals surface area contributed by atoms with Gasteiger partial charge in [-0.2, -0.15) is 0 Å². The minimum absolute atomic E-state index is 0.0819. The largest absolute Gasteiger partial charge is 0.491 e. The Bertz CT molecular complexity index is 321. The zero-order chi connectivity index (χ0) is 10.7. The quantitative estimate of drug-likeness (QED) is 0.727. The molecule has 1 nitrogen and oxygen atoms in total. The fraction of sp³-hybridized carbons (Fsp3) is 0.455. The molecule has 0 aliphatic rings. The van der Waals surface area contributed by atoms with Gasteiger partial charge in [-0.05, 0) is 20.3 Å². The highest BCUT2D eigenvalue weighted by Crippen LogP contribution is 2.24. The lowest BCUT2D eigenvalue weighted by Crippen LogP contribution is -2.08. The van der Waals surface area contributed by atoms with E-state index in [9.17, 15) is 8.78 Å². The van der Waals surface area contributed by atoms with Crippen LogP contribution in [0.25, 0.3) is 0 Å². The van der Waals surface area contributed by atoms with E-state index >= 15 is 0 Å². The second-order valence-electron chi connectivity index (χ2n) is 3.38. The van der Waals surface area contributed by atoms with Crippen LogP contribution in [0, 0.1) is 11.6 Å². The Balaban J connectivity index is 3.11. The molecule has 0 aliphatic heterocycles. The van der Waals surface area contributed by atoms with Crippen molar-refractivity contribution < 1.29 is 13.5 Å². The lowest BCUT2D eigenvalue weighted by atomic mass is 10.1. The topological polar surface area (TPSA) is 9.23 Å². The second-order valence-corrected chi connectivity index (χ2v) is 3.38. The maximum Gasteiger partial charge on any atom is 0.132 e. The Kier molecular flexibility index (Phi) is 3.44. The first-order chi connectivity index (χ1) is 6.54. The van der Waals surface area contributed by atoms with Crippen molar-refractivity contribution in [2.75, 3.05) is 0 Å². The lowest BCUT2D eigenvalue weighted by Gasteiger charge is -2.14. The molecule has 0 heterocycles. The molecule has 14 heavy (non-hydrogen) atoms. The van der Waals surface area contributed by atoms with Gasteiger partial charge in [-0.25, -0.2) is 8.78 Å². The number of hydrogen-bond donors (Lipinski definition) is 0. The first kappa shape index (κ1) is 11.0. The molecule has 0 amide bonds. The molecule has 0 aliphatic carbocycles. The molecule has 0 N–H and O–H groups in total. The van der Waals surface area contributed by atoms with Gasteiger partial charge in [-0.3, -0.25) is 0 Å². The van der Waals surface area contributed by atoms with Gasteiger partial charge >= 0.3 is 0 Å². The maximum atomic E-state index is 13.2. The Labute approximate surface area is 82.7 Å². The Hall–Kier alpha value is -1.12. The average molecular weight is 200 g/mol. The normalized spacial score (nSPS) is 10.7. The van der Waals surface area contributed by atoms with Crippen LogP contribution in [-0.2, 0) is 6.42 Å². The summed E-state index contributed by atoms with van der Waals surface area (Å²) in [6.07, 6.45) is 0.412. The number of hydrogen-bond acceptors (Lipinski definition) is 1. The van der Waals surface area contributed by atoms with E-state index in [0.29, 0.717) is 17.7 Å². The molecule has 0 aromatic heterocycles. The van der Waals surface area contributed by atoms with Crippen LogP contribution in [0.4, 0.5) is 8.78 Å². The summed E-state index contributed by atoms with van der Waals surface area (Å²) in [7, 11) is 0. The Morgan fingerprint density at radius 3 is 2.43 bits per heavy atom. The van der Waals surface area contributed by atoms with Crippen LogP contribution in [0.1, 0.15) is 26.3 Å². The molecule has 1 rings (SSSR count). The zero-order valence-electron chi connectivity index (χ0n) is 8.60. The zero-order valence-corrected chi connectivity index (χ0v) is 8.60. The predicted molar refractivity (Wildman–Crippen MR) is 51.5 cm³/mol. The molecule has 0 unspecified atom stereocenters. The summed E-state index contributed by atoms with van der Waals surface area (Å²) in [5.74, 6) is -0.835. The summed E-state index contributed by atoms with van der Waals surface area (Å²) >= 11 is 0.